The summed E-state index contributed by atoms with van der Waals surface area (Å²) in [4.78, 5) is 28.3. The van der Waals surface area contributed by atoms with E-state index in [-0.39, 0.29) is 37.0 Å². The van der Waals surface area contributed by atoms with Crippen LogP contribution in [-0.4, -0.2) is 106 Å². The van der Waals surface area contributed by atoms with Gasteiger partial charge in [0.15, 0.2) is 11.5 Å². The molecule has 1 amide bonds. The second-order valence-corrected chi connectivity index (χ2v) is 12.8. The second kappa shape index (κ2) is 17.0. The maximum atomic E-state index is 12.5. The molecule has 42 heavy (non-hydrogen) atoms. The SMILES string of the molecule is COc1ccc(CCO[C@@H]2CCCC[C@@H]2N2CC[C@@H](OC(=O)CCCCCC(=O)N(C)CCS(=O)(=O)O)C2)cc1OC. The molecular weight excluding hydrogens is 564 g/mol. The highest BCUT2D eigenvalue weighted by Crippen LogP contribution is 2.30. The molecule has 1 saturated heterocycles. The molecule has 1 aliphatic carbocycles. The molecule has 12 heteroatoms. The Morgan fingerprint density at radius 3 is 2.50 bits per heavy atom. The van der Waals surface area contributed by atoms with Crippen LogP contribution in [0.4, 0.5) is 0 Å². The fourth-order valence-corrected chi connectivity index (χ4v) is 6.24. The molecule has 0 spiro atoms. The molecule has 1 aliphatic heterocycles. The zero-order valence-corrected chi connectivity index (χ0v) is 26.1. The summed E-state index contributed by atoms with van der Waals surface area (Å²) in [6, 6.07) is 6.29. The lowest BCUT2D eigenvalue weighted by molar-refractivity contribution is -0.148. The van der Waals surface area contributed by atoms with E-state index in [9.17, 15) is 18.0 Å². The van der Waals surface area contributed by atoms with Gasteiger partial charge < -0.3 is 23.8 Å². The number of rotatable bonds is 17. The van der Waals surface area contributed by atoms with Gasteiger partial charge in [0.25, 0.3) is 10.1 Å². The van der Waals surface area contributed by atoms with Gasteiger partial charge in [0, 0.05) is 45.6 Å². The molecule has 0 unspecified atom stereocenters. The largest absolute Gasteiger partial charge is 0.493 e. The molecular formula is C30H48N2O9S. The van der Waals surface area contributed by atoms with Crippen molar-refractivity contribution in [2.45, 2.75) is 88.9 Å². The van der Waals surface area contributed by atoms with Gasteiger partial charge in [0.2, 0.25) is 5.91 Å². The maximum Gasteiger partial charge on any atom is 0.306 e. The fraction of sp³-hybridized carbons (Fsp3) is 0.733. The molecule has 1 aromatic rings. The smallest absolute Gasteiger partial charge is 0.306 e. The average Bonchev–Trinajstić information content (AvgIpc) is 3.43. The molecule has 1 N–H and O–H groups in total. The Balaban J connectivity index is 1.33. The van der Waals surface area contributed by atoms with E-state index in [1.165, 1.54) is 18.4 Å². The normalized spacial score (nSPS) is 21.2. The minimum absolute atomic E-state index is 0.0462. The van der Waals surface area contributed by atoms with Crippen LogP contribution in [0.5, 0.6) is 11.5 Å². The Labute approximate surface area is 250 Å². The number of hydrogen-bond donors (Lipinski definition) is 1. The van der Waals surface area contributed by atoms with Gasteiger partial charge in [-0.25, -0.2) is 0 Å². The molecule has 3 atom stereocenters. The van der Waals surface area contributed by atoms with E-state index in [0.717, 1.165) is 56.5 Å². The Hall–Kier alpha value is -2.41. The van der Waals surface area contributed by atoms with E-state index >= 15 is 0 Å². The number of nitrogens with zero attached hydrogens (tertiary/aromatic N) is 2. The molecule has 1 aromatic carbocycles. The summed E-state index contributed by atoms with van der Waals surface area (Å²) >= 11 is 0. The summed E-state index contributed by atoms with van der Waals surface area (Å²) < 4.78 is 53.4. The summed E-state index contributed by atoms with van der Waals surface area (Å²) in [7, 11) is 0.685. The highest BCUT2D eigenvalue weighted by atomic mass is 32.2. The first kappa shape index (κ1) is 34.1. The zero-order chi connectivity index (χ0) is 30.5. The first-order valence-electron chi connectivity index (χ1n) is 15.0. The standard InChI is InChI=1S/C30H48N2O9S/c1-31(18-20-42(35,36)37)29(33)11-5-4-6-12-30(34)41-24-15-17-32(22-24)25-9-7-8-10-26(25)40-19-16-23-13-14-27(38-2)28(21-23)39-3/h13-14,21,24-26H,4-12,15-20,22H2,1-3H3,(H,35,36,37)/t24-,25+,26-/m1/s1. The summed E-state index contributed by atoms with van der Waals surface area (Å²) in [5.74, 6) is 0.572. The number of carbonyl (C=O) groups is 2. The Bertz CT molecular complexity index is 1110. The van der Waals surface area contributed by atoms with Crippen molar-refractivity contribution in [2.24, 2.45) is 0 Å². The molecule has 3 rings (SSSR count). The molecule has 1 saturated carbocycles. The minimum atomic E-state index is -4.09. The van der Waals surface area contributed by atoms with Gasteiger partial charge >= 0.3 is 5.97 Å². The molecule has 2 aliphatic rings. The van der Waals surface area contributed by atoms with E-state index in [1.54, 1.807) is 14.2 Å². The number of benzene rings is 1. The number of unbranched alkanes of at least 4 members (excludes halogenated alkanes) is 2. The summed E-state index contributed by atoms with van der Waals surface area (Å²) in [5.41, 5.74) is 1.14. The van der Waals surface area contributed by atoms with E-state index in [4.69, 9.17) is 23.5 Å². The highest BCUT2D eigenvalue weighted by Gasteiger charge is 2.36. The van der Waals surface area contributed by atoms with Crippen molar-refractivity contribution >= 4 is 22.0 Å². The fourth-order valence-electron chi connectivity index (χ4n) is 5.74. The van der Waals surface area contributed by atoms with Gasteiger partial charge in [-0.15, -0.1) is 0 Å². The van der Waals surface area contributed by atoms with E-state index < -0.39 is 15.9 Å². The van der Waals surface area contributed by atoms with Gasteiger partial charge in [-0.1, -0.05) is 25.3 Å². The van der Waals surface area contributed by atoms with Gasteiger partial charge in [-0.05, 0) is 56.2 Å². The minimum Gasteiger partial charge on any atom is -0.493 e. The molecule has 238 valence electrons. The van der Waals surface area contributed by atoms with Crippen molar-refractivity contribution < 1.29 is 41.5 Å². The third-order valence-electron chi connectivity index (χ3n) is 8.16. The first-order chi connectivity index (χ1) is 20.1. The zero-order valence-electron chi connectivity index (χ0n) is 25.3. The molecule has 0 bridgehead atoms. The van der Waals surface area contributed by atoms with Crippen molar-refractivity contribution in [3.63, 3.8) is 0 Å². The lowest BCUT2D eigenvalue weighted by Gasteiger charge is -2.37. The quantitative estimate of drug-likeness (QED) is 0.158. The van der Waals surface area contributed by atoms with Crippen LogP contribution in [-0.2, 0) is 35.6 Å². The first-order valence-corrected chi connectivity index (χ1v) is 16.7. The van der Waals surface area contributed by atoms with Crippen LogP contribution in [0.25, 0.3) is 0 Å². The van der Waals surface area contributed by atoms with Crippen LogP contribution in [0, 0.1) is 0 Å². The van der Waals surface area contributed by atoms with Gasteiger partial charge in [0.1, 0.15) is 6.10 Å². The number of likely N-dealkylation sites (tertiary alicyclic amines) is 1. The van der Waals surface area contributed by atoms with Gasteiger partial charge in [-0.2, -0.15) is 8.42 Å². The second-order valence-electron chi connectivity index (χ2n) is 11.3. The molecule has 1 heterocycles. The van der Waals surface area contributed by atoms with E-state index in [0.29, 0.717) is 44.1 Å². The molecule has 0 radical (unpaired) electrons. The number of amides is 1. The maximum absolute atomic E-state index is 12.5. The predicted octanol–water partition coefficient (Wildman–Crippen LogP) is 3.49. The van der Waals surface area contributed by atoms with Gasteiger partial charge in [-0.3, -0.25) is 19.0 Å². The topological polar surface area (TPSA) is 132 Å². The third kappa shape index (κ3) is 11.3. The lowest BCUT2D eigenvalue weighted by atomic mass is 9.91. The molecule has 11 nitrogen and oxygen atoms in total. The van der Waals surface area contributed by atoms with E-state index in [2.05, 4.69) is 4.90 Å². The monoisotopic (exact) mass is 612 g/mol. The Kier molecular flexibility index (Phi) is 13.8. The van der Waals surface area contributed by atoms with Crippen LogP contribution in [0.1, 0.15) is 69.8 Å². The molecule has 0 aromatic heterocycles. The summed E-state index contributed by atoms with van der Waals surface area (Å²) in [6.07, 6.45) is 8.68. The number of esters is 1. The lowest BCUT2D eigenvalue weighted by Crippen LogP contribution is -2.46. The number of carbonyl (C=O) groups excluding carboxylic acids is 2. The Morgan fingerprint density at radius 2 is 1.76 bits per heavy atom. The number of ether oxygens (including phenoxy) is 4. The summed E-state index contributed by atoms with van der Waals surface area (Å²) in [6.45, 7) is 2.21. The predicted molar refractivity (Wildman–Crippen MR) is 158 cm³/mol. The number of methoxy groups -OCH3 is 2. The highest BCUT2D eigenvalue weighted by molar-refractivity contribution is 7.85. The van der Waals surface area contributed by atoms with Crippen molar-refractivity contribution in [3.8, 4) is 11.5 Å². The van der Waals surface area contributed by atoms with Crippen LogP contribution < -0.4 is 9.47 Å². The van der Waals surface area contributed by atoms with Crippen LogP contribution in [0.3, 0.4) is 0 Å². The van der Waals surface area contributed by atoms with Crippen LogP contribution in [0.15, 0.2) is 18.2 Å². The van der Waals surface area contributed by atoms with Crippen LogP contribution >= 0.6 is 0 Å². The van der Waals surface area contributed by atoms with Gasteiger partial charge in [0.05, 0.1) is 32.7 Å². The van der Waals surface area contributed by atoms with Crippen molar-refractivity contribution in [2.75, 3.05) is 53.3 Å². The van der Waals surface area contributed by atoms with Crippen LogP contribution in [0.2, 0.25) is 0 Å². The average molecular weight is 613 g/mol. The molecule has 2 fully saturated rings. The number of hydrogen-bond acceptors (Lipinski definition) is 9. The van der Waals surface area contributed by atoms with Crippen molar-refractivity contribution in [3.05, 3.63) is 23.8 Å². The summed E-state index contributed by atoms with van der Waals surface area (Å²) in [5, 5.41) is 0. The van der Waals surface area contributed by atoms with E-state index in [1.807, 2.05) is 18.2 Å². The Morgan fingerprint density at radius 1 is 1.02 bits per heavy atom. The van der Waals surface area contributed by atoms with Crippen molar-refractivity contribution in [1.82, 2.24) is 9.80 Å². The van der Waals surface area contributed by atoms with Crippen molar-refractivity contribution in [1.29, 1.82) is 0 Å². The third-order valence-corrected chi connectivity index (χ3v) is 8.86.